The fourth-order valence-electron chi connectivity index (χ4n) is 3.86. The molecule has 1 aliphatic carbocycles. The van der Waals surface area contributed by atoms with Crippen LogP contribution in [-0.4, -0.2) is 6.04 Å². The summed E-state index contributed by atoms with van der Waals surface area (Å²) in [6.07, 6.45) is 3.52. The molecule has 0 aliphatic heterocycles. The van der Waals surface area contributed by atoms with Crippen LogP contribution in [0.15, 0.2) is 12.1 Å². The van der Waals surface area contributed by atoms with Crippen molar-refractivity contribution in [1.29, 1.82) is 0 Å². The standard InChI is InChI=1S/C16H24Cl2N2/c1-15(2)7-10(8-16(3,4)9-15)20-14-6-12(18)11(17)5-13(14)19/h5-6,10,20H,7-9,19H2,1-4H3. The Bertz CT molecular complexity index is 493. The number of benzene rings is 1. The fraction of sp³-hybridized carbons (Fsp3) is 0.625. The maximum absolute atomic E-state index is 6.09. The smallest absolute Gasteiger partial charge is 0.0614 e. The monoisotopic (exact) mass is 314 g/mol. The number of hydrogen-bond acceptors (Lipinski definition) is 2. The summed E-state index contributed by atoms with van der Waals surface area (Å²) < 4.78 is 0. The molecule has 0 heterocycles. The lowest BCUT2D eigenvalue weighted by Gasteiger charge is -2.45. The average molecular weight is 315 g/mol. The Kier molecular flexibility index (Phi) is 4.19. The minimum Gasteiger partial charge on any atom is -0.397 e. The van der Waals surface area contributed by atoms with E-state index in [1.807, 2.05) is 6.07 Å². The third-order valence-corrected chi connectivity index (χ3v) is 4.73. The minimum absolute atomic E-state index is 0.338. The molecular formula is C16H24Cl2N2. The van der Waals surface area contributed by atoms with Gasteiger partial charge in [-0.05, 0) is 42.2 Å². The Morgan fingerprint density at radius 2 is 1.55 bits per heavy atom. The van der Waals surface area contributed by atoms with E-state index in [2.05, 4.69) is 33.0 Å². The van der Waals surface area contributed by atoms with Gasteiger partial charge >= 0.3 is 0 Å². The molecule has 0 amide bonds. The van der Waals surface area contributed by atoms with Crippen molar-refractivity contribution in [2.24, 2.45) is 10.8 Å². The third kappa shape index (κ3) is 3.73. The molecule has 112 valence electrons. The van der Waals surface area contributed by atoms with Crippen LogP contribution in [0, 0.1) is 10.8 Å². The predicted molar refractivity (Wildman–Crippen MR) is 89.7 cm³/mol. The van der Waals surface area contributed by atoms with Crippen molar-refractivity contribution in [1.82, 2.24) is 0 Å². The lowest BCUT2D eigenvalue weighted by molar-refractivity contribution is 0.105. The summed E-state index contributed by atoms with van der Waals surface area (Å²) in [7, 11) is 0. The molecule has 1 aromatic rings. The van der Waals surface area contributed by atoms with Gasteiger partial charge in [-0.3, -0.25) is 0 Å². The highest BCUT2D eigenvalue weighted by molar-refractivity contribution is 6.42. The first-order chi connectivity index (χ1) is 9.08. The summed E-state index contributed by atoms with van der Waals surface area (Å²) in [5.74, 6) is 0. The highest BCUT2D eigenvalue weighted by Crippen LogP contribution is 2.46. The molecule has 2 rings (SSSR count). The van der Waals surface area contributed by atoms with E-state index in [9.17, 15) is 0 Å². The van der Waals surface area contributed by atoms with Crippen LogP contribution in [0.4, 0.5) is 11.4 Å². The van der Waals surface area contributed by atoms with Gasteiger partial charge < -0.3 is 11.1 Å². The fourth-order valence-corrected chi connectivity index (χ4v) is 4.19. The molecule has 0 atom stereocenters. The molecule has 0 spiro atoms. The van der Waals surface area contributed by atoms with Crippen LogP contribution in [0.25, 0.3) is 0 Å². The van der Waals surface area contributed by atoms with Gasteiger partial charge in [0.05, 0.1) is 21.4 Å². The third-order valence-electron chi connectivity index (χ3n) is 4.01. The van der Waals surface area contributed by atoms with E-state index < -0.39 is 0 Å². The second-order valence-corrected chi connectivity index (χ2v) is 8.42. The largest absolute Gasteiger partial charge is 0.397 e. The van der Waals surface area contributed by atoms with Gasteiger partial charge in [-0.2, -0.15) is 0 Å². The molecule has 4 heteroatoms. The second kappa shape index (κ2) is 5.31. The van der Waals surface area contributed by atoms with Gasteiger partial charge in [-0.15, -0.1) is 0 Å². The average Bonchev–Trinajstić information content (AvgIpc) is 2.21. The Morgan fingerprint density at radius 1 is 1.05 bits per heavy atom. The molecule has 1 aliphatic rings. The van der Waals surface area contributed by atoms with Crippen LogP contribution < -0.4 is 11.1 Å². The van der Waals surface area contributed by atoms with Crippen LogP contribution >= 0.6 is 23.2 Å². The first-order valence-corrected chi connectivity index (χ1v) is 7.85. The van der Waals surface area contributed by atoms with E-state index in [1.54, 1.807) is 6.07 Å². The van der Waals surface area contributed by atoms with E-state index >= 15 is 0 Å². The minimum atomic E-state index is 0.338. The van der Waals surface area contributed by atoms with Crippen molar-refractivity contribution >= 4 is 34.6 Å². The number of nitrogen functional groups attached to an aromatic ring is 1. The summed E-state index contributed by atoms with van der Waals surface area (Å²) >= 11 is 12.1. The van der Waals surface area contributed by atoms with E-state index in [4.69, 9.17) is 28.9 Å². The van der Waals surface area contributed by atoms with Gasteiger partial charge in [0.2, 0.25) is 0 Å². The number of anilines is 2. The quantitative estimate of drug-likeness (QED) is 0.698. The number of rotatable bonds is 2. The molecule has 0 radical (unpaired) electrons. The van der Waals surface area contributed by atoms with Gasteiger partial charge in [0.25, 0.3) is 0 Å². The van der Waals surface area contributed by atoms with E-state index in [1.165, 1.54) is 6.42 Å². The number of nitrogens with one attached hydrogen (secondary N) is 1. The van der Waals surface area contributed by atoms with E-state index in [-0.39, 0.29) is 0 Å². The second-order valence-electron chi connectivity index (χ2n) is 7.61. The topological polar surface area (TPSA) is 38.0 Å². The van der Waals surface area contributed by atoms with Crippen molar-refractivity contribution in [3.8, 4) is 0 Å². The first-order valence-electron chi connectivity index (χ1n) is 7.09. The van der Waals surface area contributed by atoms with Crippen LogP contribution in [0.5, 0.6) is 0 Å². The molecule has 0 saturated heterocycles. The Hall–Kier alpha value is -0.600. The Balaban J connectivity index is 2.19. The maximum atomic E-state index is 6.09. The lowest BCUT2D eigenvalue weighted by Crippen LogP contribution is -2.40. The predicted octanol–water partition coefficient (Wildman–Crippen LogP) is 5.59. The molecule has 1 saturated carbocycles. The van der Waals surface area contributed by atoms with Gasteiger partial charge in [-0.25, -0.2) is 0 Å². The SMILES string of the molecule is CC1(C)CC(Nc2cc(Cl)c(Cl)cc2N)CC(C)(C)C1. The van der Waals surface area contributed by atoms with Gasteiger partial charge in [0, 0.05) is 6.04 Å². The molecule has 1 fully saturated rings. The van der Waals surface area contributed by atoms with Gasteiger partial charge in [0.1, 0.15) is 0 Å². The van der Waals surface area contributed by atoms with Crippen LogP contribution in [-0.2, 0) is 0 Å². The number of hydrogen-bond donors (Lipinski definition) is 2. The zero-order valence-electron chi connectivity index (χ0n) is 12.7. The summed E-state index contributed by atoms with van der Waals surface area (Å²) in [6, 6.07) is 3.95. The number of nitrogens with two attached hydrogens (primary N) is 1. The Labute approximate surface area is 132 Å². The molecule has 3 N–H and O–H groups in total. The summed E-state index contributed by atoms with van der Waals surface area (Å²) in [4.78, 5) is 0. The van der Waals surface area contributed by atoms with Gasteiger partial charge in [-0.1, -0.05) is 50.9 Å². The van der Waals surface area contributed by atoms with Crippen LogP contribution in [0.1, 0.15) is 47.0 Å². The molecule has 20 heavy (non-hydrogen) atoms. The molecular weight excluding hydrogens is 291 g/mol. The molecule has 2 nitrogen and oxygen atoms in total. The van der Waals surface area contributed by atoms with Crippen molar-refractivity contribution < 1.29 is 0 Å². The first kappa shape index (κ1) is 15.8. The lowest BCUT2D eigenvalue weighted by atomic mass is 9.63. The molecule has 0 bridgehead atoms. The molecule has 0 unspecified atom stereocenters. The molecule has 0 aromatic heterocycles. The van der Waals surface area contributed by atoms with Crippen molar-refractivity contribution in [3.05, 3.63) is 22.2 Å². The van der Waals surface area contributed by atoms with E-state index in [0.29, 0.717) is 32.6 Å². The highest BCUT2D eigenvalue weighted by atomic mass is 35.5. The van der Waals surface area contributed by atoms with Crippen molar-refractivity contribution in [2.45, 2.75) is 53.0 Å². The van der Waals surface area contributed by atoms with Crippen molar-refractivity contribution in [3.63, 3.8) is 0 Å². The number of halogens is 2. The van der Waals surface area contributed by atoms with Crippen LogP contribution in [0.2, 0.25) is 10.0 Å². The zero-order chi connectivity index (χ0) is 15.1. The highest BCUT2D eigenvalue weighted by Gasteiger charge is 2.38. The van der Waals surface area contributed by atoms with E-state index in [0.717, 1.165) is 18.5 Å². The van der Waals surface area contributed by atoms with Crippen LogP contribution in [0.3, 0.4) is 0 Å². The summed E-state index contributed by atoms with van der Waals surface area (Å²) in [5, 5.41) is 4.60. The van der Waals surface area contributed by atoms with Crippen molar-refractivity contribution in [2.75, 3.05) is 11.1 Å². The maximum Gasteiger partial charge on any atom is 0.0614 e. The molecule has 1 aromatic carbocycles. The summed E-state index contributed by atoms with van der Waals surface area (Å²) in [5.41, 5.74) is 8.25. The van der Waals surface area contributed by atoms with Gasteiger partial charge in [0.15, 0.2) is 0 Å². The normalized spacial score (nSPS) is 21.7. The Morgan fingerprint density at radius 3 is 2.10 bits per heavy atom. The summed E-state index contributed by atoms with van der Waals surface area (Å²) in [6.45, 7) is 9.34. The zero-order valence-corrected chi connectivity index (χ0v) is 14.2.